The minimum absolute atomic E-state index is 0.201. The molecule has 1 heterocycles. The summed E-state index contributed by atoms with van der Waals surface area (Å²) in [6.45, 7) is 0.601. The van der Waals surface area contributed by atoms with E-state index in [-0.39, 0.29) is 17.0 Å². The van der Waals surface area contributed by atoms with E-state index in [9.17, 15) is 13.2 Å². The molecule has 0 radical (unpaired) electrons. The maximum Gasteiger partial charge on any atom is 0.266 e. The third-order valence-electron chi connectivity index (χ3n) is 2.75. The smallest absolute Gasteiger partial charge is 0.266 e. The Morgan fingerprint density at radius 1 is 1.19 bits per heavy atom. The van der Waals surface area contributed by atoms with Gasteiger partial charge in [-0.25, -0.2) is 17.8 Å². The fourth-order valence-corrected chi connectivity index (χ4v) is 3.03. The molecule has 1 aromatic carbocycles. The number of nitrogens with zero attached hydrogens (tertiary/aromatic N) is 2. The molecule has 2 rings (SSSR count). The summed E-state index contributed by atoms with van der Waals surface area (Å²) in [4.78, 5) is 11.6. The molecule has 0 aliphatic rings. The Labute approximate surface area is 131 Å². The van der Waals surface area contributed by atoms with Crippen molar-refractivity contribution < 1.29 is 8.42 Å². The minimum atomic E-state index is -3.52. The minimum Gasteiger partial charge on any atom is -0.268 e. The van der Waals surface area contributed by atoms with Crippen LogP contribution in [-0.4, -0.2) is 24.7 Å². The summed E-state index contributed by atoms with van der Waals surface area (Å²) in [7, 11) is -3.52. The Morgan fingerprint density at radius 3 is 2.57 bits per heavy atom. The first-order valence-corrected chi connectivity index (χ1v) is 8.54. The van der Waals surface area contributed by atoms with Crippen LogP contribution in [0, 0.1) is 0 Å². The van der Waals surface area contributed by atoms with E-state index in [0.717, 1.165) is 4.47 Å². The molecule has 0 amide bonds. The fourth-order valence-electron chi connectivity index (χ4n) is 1.69. The zero-order chi connectivity index (χ0) is 15.3. The lowest BCUT2D eigenvalue weighted by molar-refractivity contribution is 0.535. The van der Waals surface area contributed by atoms with Crippen molar-refractivity contribution in [1.29, 1.82) is 0 Å². The maximum absolute atomic E-state index is 12.0. The normalized spacial score (nSPS) is 11.5. The molecule has 0 aliphatic carbocycles. The van der Waals surface area contributed by atoms with Gasteiger partial charge in [0.1, 0.15) is 0 Å². The van der Waals surface area contributed by atoms with Crippen LogP contribution in [0.1, 0.15) is 6.42 Å². The summed E-state index contributed by atoms with van der Waals surface area (Å²) in [5.41, 5.74) is -0.201. The van der Waals surface area contributed by atoms with Crippen molar-refractivity contribution in [3.63, 3.8) is 0 Å². The van der Waals surface area contributed by atoms with Crippen LogP contribution >= 0.6 is 15.9 Å². The van der Waals surface area contributed by atoms with Crippen molar-refractivity contribution in [1.82, 2.24) is 14.5 Å². The molecular formula is C13H14BrN3O3S. The molecule has 0 unspecified atom stereocenters. The molecule has 0 spiro atoms. The Balaban J connectivity index is 1.90. The van der Waals surface area contributed by atoms with Crippen LogP contribution in [0.3, 0.4) is 0 Å². The number of nitrogens with one attached hydrogen (secondary N) is 1. The average molecular weight is 372 g/mol. The highest BCUT2D eigenvalue weighted by atomic mass is 79.9. The van der Waals surface area contributed by atoms with E-state index in [1.165, 1.54) is 29.1 Å². The van der Waals surface area contributed by atoms with Gasteiger partial charge in [0, 0.05) is 29.8 Å². The highest BCUT2D eigenvalue weighted by Crippen LogP contribution is 2.14. The average Bonchev–Trinajstić information content (AvgIpc) is 2.46. The van der Waals surface area contributed by atoms with E-state index in [4.69, 9.17) is 0 Å². The van der Waals surface area contributed by atoms with Crippen molar-refractivity contribution in [2.45, 2.75) is 17.9 Å². The molecule has 2 aromatic rings. The number of aromatic nitrogens is 2. The second kappa shape index (κ2) is 6.97. The van der Waals surface area contributed by atoms with Gasteiger partial charge in [-0.3, -0.25) is 4.79 Å². The van der Waals surface area contributed by atoms with Crippen molar-refractivity contribution in [2.75, 3.05) is 6.54 Å². The first kappa shape index (κ1) is 15.9. The molecule has 112 valence electrons. The third kappa shape index (κ3) is 4.48. The van der Waals surface area contributed by atoms with Crippen LogP contribution in [-0.2, 0) is 16.6 Å². The van der Waals surface area contributed by atoms with Gasteiger partial charge in [0.05, 0.1) is 4.90 Å². The number of halogens is 1. The Bertz CT molecular complexity index is 757. The summed E-state index contributed by atoms with van der Waals surface area (Å²) in [5, 5.41) is 3.90. The summed E-state index contributed by atoms with van der Waals surface area (Å²) >= 11 is 3.25. The van der Waals surface area contributed by atoms with Gasteiger partial charge in [-0.1, -0.05) is 15.9 Å². The lowest BCUT2D eigenvalue weighted by Gasteiger charge is -2.07. The topological polar surface area (TPSA) is 81.1 Å². The van der Waals surface area contributed by atoms with E-state index < -0.39 is 10.0 Å². The standard InChI is InChI=1S/C13H14BrN3O3S/c14-11-4-6-12(7-5-11)21(19,20)16-9-2-10-17-13(18)3-1-8-15-17/h1,3-8,16H,2,9-10H2. The molecule has 0 fully saturated rings. The van der Waals surface area contributed by atoms with Gasteiger partial charge in [0.2, 0.25) is 10.0 Å². The number of aryl methyl sites for hydroxylation is 1. The second-order valence-corrected chi connectivity index (χ2v) is 6.97. The Hall–Kier alpha value is -1.51. The predicted molar refractivity (Wildman–Crippen MR) is 82.4 cm³/mol. The first-order chi connectivity index (χ1) is 9.99. The molecule has 0 bridgehead atoms. The Morgan fingerprint density at radius 2 is 1.90 bits per heavy atom. The SMILES string of the molecule is O=c1cccnn1CCCNS(=O)(=O)c1ccc(Br)cc1. The molecule has 21 heavy (non-hydrogen) atoms. The maximum atomic E-state index is 12.0. The van der Waals surface area contributed by atoms with Crippen molar-refractivity contribution in [3.8, 4) is 0 Å². The number of hydrogen-bond acceptors (Lipinski definition) is 4. The van der Waals surface area contributed by atoms with Crippen LogP contribution in [0.25, 0.3) is 0 Å². The van der Waals surface area contributed by atoms with Gasteiger partial charge in [-0.05, 0) is 36.8 Å². The zero-order valence-corrected chi connectivity index (χ0v) is 13.5. The monoisotopic (exact) mass is 371 g/mol. The van der Waals surface area contributed by atoms with E-state index >= 15 is 0 Å². The van der Waals surface area contributed by atoms with Gasteiger partial charge < -0.3 is 0 Å². The molecule has 0 atom stereocenters. The van der Waals surface area contributed by atoms with Crippen molar-refractivity contribution >= 4 is 26.0 Å². The Kier molecular flexibility index (Phi) is 5.27. The largest absolute Gasteiger partial charge is 0.268 e. The van der Waals surface area contributed by atoms with Gasteiger partial charge in [0.15, 0.2) is 0 Å². The number of sulfonamides is 1. The number of rotatable bonds is 6. The van der Waals surface area contributed by atoms with Crippen LogP contribution in [0.5, 0.6) is 0 Å². The summed E-state index contributed by atoms with van der Waals surface area (Å²) in [6.07, 6.45) is 2.00. The highest BCUT2D eigenvalue weighted by molar-refractivity contribution is 9.10. The molecule has 0 aliphatic heterocycles. The van der Waals surface area contributed by atoms with Gasteiger partial charge in [-0.15, -0.1) is 0 Å². The molecular weight excluding hydrogens is 358 g/mol. The van der Waals surface area contributed by atoms with Crippen LogP contribution in [0.15, 0.2) is 56.8 Å². The van der Waals surface area contributed by atoms with Gasteiger partial charge in [-0.2, -0.15) is 5.10 Å². The number of hydrogen-bond donors (Lipinski definition) is 1. The van der Waals surface area contributed by atoms with E-state index in [2.05, 4.69) is 25.8 Å². The summed E-state index contributed by atoms with van der Waals surface area (Å²) in [5.74, 6) is 0. The fraction of sp³-hybridized carbons (Fsp3) is 0.231. The lowest BCUT2D eigenvalue weighted by atomic mass is 10.4. The highest BCUT2D eigenvalue weighted by Gasteiger charge is 2.12. The summed E-state index contributed by atoms with van der Waals surface area (Å²) in [6, 6.07) is 9.36. The molecule has 8 heteroatoms. The molecule has 6 nitrogen and oxygen atoms in total. The number of benzene rings is 1. The summed E-state index contributed by atoms with van der Waals surface area (Å²) < 4.78 is 28.6. The zero-order valence-electron chi connectivity index (χ0n) is 11.1. The lowest BCUT2D eigenvalue weighted by Crippen LogP contribution is -2.27. The predicted octanol–water partition coefficient (Wildman–Crippen LogP) is 1.37. The molecule has 0 saturated heterocycles. The molecule has 1 aromatic heterocycles. The second-order valence-electron chi connectivity index (χ2n) is 4.29. The van der Waals surface area contributed by atoms with Crippen LogP contribution < -0.4 is 10.3 Å². The van der Waals surface area contributed by atoms with Gasteiger partial charge in [0.25, 0.3) is 5.56 Å². The van der Waals surface area contributed by atoms with E-state index in [1.807, 2.05) is 0 Å². The van der Waals surface area contributed by atoms with Crippen LogP contribution in [0.4, 0.5) is 0 Å². The molecule has 1 N–H and O–H groups in total. The van der Waals surface area contributed by atoms with E-state index in [0.29, 0.717) is 13.0 Å². The molecule has 0 saturated carbocycles. The van der Waals surface area contributed by atoms with E-state index in [1.54, 1.807) is 18.2 Å². The third-order valence-corrected chi connectivity index (χ3v) is 4.75. The van der Waals surface area contributed by atoms with Crippen molar-refractivity contribution in [2.24, 2.45) is 0 Å². The van der Waals surface area contributed by atoms with Gasteiger partial charge >= 0.3 is 0 Å². The van der Waals surface area contributed by atoms with Crippen molar-refractivity contribution in [3.05, 3.63) is 57.4 Å². The quantitative estimate of drug-likeness (QED) is 0.777. The van der Waals surface area contributed by atoms with Crippen LogP contribution in [0.2, 0.25) is 0 Å². The first-order valence-electron chi connectivity index (χ1n) is 6.26.